The van der Waals surface area contributed by atoms with Crippen molar-refractivity contribution in [2.45, 2.75) is 301 Å². The van der Waals surface area contributed by atoms with Gasteiger partial charge in [-0.05, 0) is 38.5 Å². The lowest BCUT2D eigenvalue weighted by molar-refractivity contribution is -0.301. The Balaban J connectivity index is 2.31. The van der Waals surface area contributed by atoms with Crippen LogP contribution in [-0.4, -0.2) is 97.5 Å². The molecule has 1 fully saturated rings. The van der Waals surface area contributed by atoms with Gasteiger partial charge < -0.3 is 34.3 Å². The van der Waals surface area contributed by atoms with Gasteiger partial charge in [0, 0.05) is 13.0 Å². The Labute approximate surface area is 410 Å². The maximum Gasteiger partial charge on any atom is 0.397 e. The summed E-state index contributed by atoms with van der Waals surface area (Å²) in [6.07, 6.45) is 43.9. The molecule has 0 bridgehead atoms. The Morgan fingerprint density at radius 1 is 0.552 bits per heavy atom. The van der Waals surface area contributed by atoms with Gasteiger partial charge >= 0.3 is 16.4 Å². The molecule has 1 aliphatic heterocycles. The van der Waals surface area contributed by atoms with Crippen LogP contribution in [0.5, 0.6) is 0 Å². The molecule has 4 N–H and O–H groups in total. The van der Waals surface area contributed by atoms with Crippen molar-refractivity contribution in [3.63, 3.8) is 0 Å². The summed E-state index contributed by atoms with van der Waals surface area (Å²) >= 11 is 0. The SMILES string of the molecule is CCCCCCCCCC/C=C\CCCCCCCCCCCC(=O)OC(COCCCCCCCCCCCCCCCCCCCCC)COC1OC(CO)C(O)C(OS(=O)(=O)O)C1O. The minimum absolute atomic E-state index is 0.0419. The number of ether oxygens (including phenoxy) is 4. The molecule has 398 valence electrons. The highest BCUT2D eigenvalue weighted by molar-refractivity contribution is 7.80. The molecule has 0 aromatic heterocycles. The fourth-order valence-electron chi connectivity index (χ4n) is 8.91. The molecule has 0 aromatic rings. The van der Waals surface area contributed by atoms with Crippen LogP contribution < -0.4 is 0 Å². The van der Waals surface area contributed by atoms with Gasteiger partial charge in [0.1, 0.15) is 30.5 Å². The zero-order valence-electron chi connectivity index (χ0n) is 43.0. The minimum atomic E-state index is -5.06. The van der Waals surface area contributed by atoms with Crippen molar-refractivity contribution < 1.29 is 56.2 Å². The normalized spacial score (nSPS) is 19.4. The van der Waals surface area contributed by atoms with Gasteiger partial charge in [0.15, 0.2) is 6.29 Å². The summed E-state index contributed by atoms with van der Waals surface area (Å²) in [6.45, 7) is 4.05. The van der Waals surface area contributed by atoms with E-state index in [9.17, 15) is 33.1 Å². The van der Waals surface area contributed by atoms with Crippen LogP contribution in [0.2, 0.25) is 0 Å². The number of rotatable bonds is 50. The van der Waals surface area contributed by atoms with Crippen LogP contribution in [-0.2, 0) is 38.3 Å². The first-order valence-corrected chi connectivity index (χ1v) is 29.3. The highest BCUT2D eigenvalue weighted by atomic mass is 32.3. The molecule has 1 rings (SSSR count). The summed E-state index contributed by atoms with van der Waals surface area (Å²) in [4.78, 5) is 12.9. The Hall–Kier alpha value is -1.16. The molecule has 0 radical (unpaired) electrons. The third kappa shape index (κ3) is 39.2. The summed E-state index contributed by atoms with van der Waals surface area (Å²) in [5, 5.41) is 30.8. The van der Waals surface area contributed by atoms with Crippen LogP contribution in [0, 0.1) is 0 Å². The molecule has 6 unspecified atom stereocenters. The van der Waals surface area contributed by atoms with Gasteiger partial charge in [0.25, 0.3) is 0 Å². The van der Waals surface area contributed by atoms with E-state index in [1.165, 1.54) is 199 Å². The zero-order chi connectivity index (χ0) is 48.9. The van der Waals surface area contributed by atoms with Crippen LogP contribution in [0.4, 0.5) is 0 Å². The van der Waals surface area contributed by atoms with E-state index in [-0.39, 0.29) is 19.6 Å². The lowest BCUT2D eigenvalue weighted by atomic mass is 9.99. The van der Waals surface area contributed by atoms with Crippen LogP contribution in [0.25, 0.3) is 0 Å². The second-order valence-corrected chi connectivity index (χ2v) is 20.6. The molecule has 0 aromatic carbocycles. The van der Waals surface area contributed by atoms with Gasteiger partial charge in [-0.2, -0.15) is 8.42 Å². The molecule has 6 atom stereocenters. The molecule has 1 saturated heterocycles. The maximum absolute atomic E-state index is 12.9. The summed E-state index contributed by atoms with van der Waals surface area (Å²) < 4.78 is 59.4. The highest BCUT2D eigenvalue weighted by Gasteiger charge is 2.48. The van der Waals surface area contributed by atoms with Crippen LogP contribution in [0.3, 0.4) is 0 Å². The zero-order valence-corrected chi connectivity index (χ0v) is 43.8. The number of aliphatic hydroxyl groups excluding tert-OH is 3. The molecule has 12 nitrogen and oxygen atoms in total. The summed E-state index contributed by atoms with van der Waals surface area (Å²) in [6, 6.07) is 0. The van der Waals surface area contributed by atoms with E-state index in [1.807, 2.05) is 0 Å². The van der Waals surface area contributed by atoms with Gasteiger partial charge in [0.2, 0.25) is 0 Å². The van der Waals surface area contributed by atoms with Gasteiger partial charge in [-0.15, -0.1) is 0 Å². The lowest BCUT2D eigenvalue weighted by Gasteiger charge is -2.41. The molecule has 1 aliphatic rings. The van der Waals surface area contributed by atoms with Crippen LogP contribution >= 0.6 is 0 Å². The molecule has 0 aliphatic carbocycles. The second kappa shape index (κ2) is 45.9. The smallest absolute Gasteiger partial charge is 0.397 e. The van der Waals surface area contributed by atoms with Crippen molar-refractivity contribution in [1.29, 1.82) is 0 Å². The Morgan fingerprint density at radius 2 is 0.940 bits per heavy atom. The number of unbranched alkanes of at least 4 members (excludes halogenated alkanes) is 35. The molecule has 67 heavy (non-hydrogen) atoms. The molecule has 0 saturated carbocycles. The second-order valence-electron chi connectivity index (χ2n) is 19.5. The number of carbonyl (C=O) groups excluding carboxylic acids is 1. The summed E-state index contributed by atoms with van der Waals surface area (Å²) in [5.41, 5.74) is 0. The van der Waals surface area contributed by atoms with E-state index in [0.717, 1.165) is 38.5 Å². The first-order valence-electron chi connectivity index (χ1n) is 27.9. The van der Waals surface area contributed by atoms with Crippen LogP contribution in [0.15, 0.2) is 12.2 Å². The number of esters is 1. The van der Waals surface area contributed by atoms with E-state index in [1.54, 1.807) is 0 Å². The van der Waals surface area contributed by atoms with Crippen molar-refractivity contribution in [2.24, 2.45) is 0 Å². The number of hydrogen-bond acceptors (Lipinski definition) is 11. The minimum Gasteiger partial charge on any atom is -0.457 e. The third-order valence-electron chi connectivity index (χ3n) is 13.1. The summed E-state index contributed by atoms with van der Waals surface area (Å²) in [7, 11) is -5.06. The Kier molecular flexibility index (Phi) is 43.8. The Morgan fingerprint density at radius 3 is 1.34 bits per heavy atom. The molecular weight excluding hydrogens is 873 g/mol. The first kappa shape index (κ1) is 63.9. The standard InChI is InChI=1S/C54H104O12S/c1-3-5-7-9-11-13-15-17-19-21-23-24-25-27-29-31-33-35-37-39-41-43-50(56)64-48(47-63-54-52(58)53(66-67(59,60)61)51(57)49(45-55)65-54)46-62-44-42-40-38-36-34-32-30-28-26-22-20-18-16-14-12-10-8-6-4-2/h21,23,48-49,51-55,57-58H,3-20,22,24-47H2,1-2H3,(H,59,60,61)/b23-21-. The average Bonchev–Trinajstić information content (AvgIpc) is 3.30. The fourth-order valence-corrected chi connectivity index (χ4v) is 9.41. The molecule has 1 heterocycles. The van der Waals surface area contributed by atoms with Crippen molar-refractivity contribution in [3.8, 4) is 0 Å². The predicted molar refractivity (Wildman–Crippen MR) is 271 cm³/mol. The topological polar surface area (TPSA) is 178 Å². The predicted octanol–water partition coefficient (Wildman–Crippen LogP) is 13.4. The van der Waals surface area contributed by atoms with Crippen LogP contribution in [0.1, 0.15) is 264 Å². The molecule has 0 spiro atoms. The van der Waals surface area contributed by atoms with E-state index in [4.69, 9.17) is 18.9 Å². The quantitative estimate of drug-likeness (QED) is 0.0197. The number of allylic oxidation sites excluding steroid dienone is 2. The first-order chi connectivity index (χ1) is 32.6. The van der Waals surface area contributed by atoms with E-state index < -0.39 is 59.8 Å². The van der Waals surface area contributed by atoms with Crippen molar-refractivity contribution in [1.82, 2.24) is 0 Å². The third-order valence-corrected chi connectivity index (χ3v) is 13.6. The maximum atomic E-state index is 12.9. The number of hydrogen-bond donors (Lipinski definition) is 4. The molecular formula is C54H104O12S. The van der Waals surface area contributed by atoms with Crippen molar-refractivity contribution in [2.75, 3.05) is 26.4 Å². The number of aliphatic hydroxyl groups is 3. The molecule has 0 amide bonds. The fraction of sp³-hybridized carbons (Fsp3) is 0.944. The van der Waals surface area contributed by atoms with Gasteiger partial charge in [-0.1, -0.05) is 231 Å². The van der Waals surface area contributed by atoms with Crippen molar-refractivity contribution >= 4 is 16.4 Å². The van der Waals surface area contributed by atoms with E-state index in [2.05, 4.69) is 30.2 Å². The number of carbonyl (C=O) groups is 1. The monoisotopic (exact) mass is 977 g/mol. The average molecular weight is 977 g/mol. The lowest BCUT2D eigenvalue weighted by Crippen LogP contribution is -2.60. The van der Waals surface area contributed by atoms with Gasteiger partial charge in [0.05, 0.1) is 19.8 Å². The summed E-state index contributed by atoms with van der Waals surface area (Å²) in [5.74, 6) is -0.395. The Bertz CT molecular complexity index is 1220. The van der Waals surface area contributed by atoms with Crippen molar-refractivity contribution in [3.05, 3.63) is 12.2 Å². The van der Waals surface area contributed by atoms with Gasteiger partial charge in [-0.25, -0.2) is 4.18 Å². The molecule has 13 heteroatoms. The van der Waals surface area contributed by atoms with E-state index >= 15 is 0 Å². The van der Waals surface area contributed by atoms with E-state index in [0.29, 0.717) is 13.0 Å². The largest absolute Gasteiger partial charge is 0.457 e. The highest BCUT2D eigenvalue weighted by Crippen LogP contribution is 2.26. The van der Waals surface area contributed by atoms with Gasteiger partial charge in [-0.3, -0.25) is 9.35 Å².